The highest BCUT2D eigenvalue weighted by Gasteiger charge is 2.16. The van der Waals surface area contributed by atoms with Crippen LogP contribution in [0.5, 0.6) is 0 Å². The molecule has 0 saturated carbocycles. The minimum atomic E-state index is 0.645. The molecule has 6 heteroatoms. The molecule has 0 bridgehead atoms. The molecule has 1 saturated heterocycles. The quantitative estimate of drug-likeness (QED) is 0.833. The van der Waals surface area contributed by atoms with Crippen LogP contribution in [0.2, 0.25) is 0 Å². The zero-order valence-electron chi connectivity index (χ0n) is 14.4. The summed E-state index contributed by atoms with van der Waals surface area (Å²) in [7, 11) is 0. The number of piperazine rings is 1. The second-order valence-corrected chi connectivity index (χ2v) is 6.96. The largest absolute Gasteiger partial charge is 0.380 e. The van der Waals surface area contributed by atoms with Crippen molar-refractivity contribution in [2.24, 2.45) is 0 Å². The van der Waals surface area contributed by atoms with Crippen molar-refractivity contribution in [3.05, 3.63) is 52.1 Å². The van der Waals surface area contributed by atoms with Crippen LogP contribution in [0.3, 0.4) is 0 Å². The van der Waals surface area contributed by atoms with Gasteiger partial charge in [0.2, 0.25) is 0 Å². The Morgan fingerprint density at radius 1 is 1.20 bits per heavy atom. The van der Waals surface area contributed by atoms with E-state index in [1.165, 1.54) is 0 Å². The third kappa shape index (κ3) is 4.50. The van der Waals surface area contributed by atoms with E-state index in [9.17, 15) is 0 Å². The number of nitrogens with zero attached hydrogens (tertiary/aromatic N) is 4. The molecular formula is C19H22BrN5. The SMILES string of the molecule is CCN1CCN(c2ccc(CNc3ccc(C#N)cc3Br)cn2)CC1. The van der Waals surface area contributed by atoms with Gasteiger partial charge in [0.15, 0.2) is 0 Å². The molecule has 5 nitrogen and oxygen atoms in total. The van der Waals surface area contributed by atoms with E-state index in [0.717, 1.165) is 54.3 Å². The van der Waals surface area contributed by atoms with Gasteiger partial charge in [-0.15, -0.1) is 0 Å². The summed E-state index contributed by atoms with van der Waals surface area (Å²) >= 11 is 3.50. The lowest BCUT2D eigenvalue weighted by Gasteiger charge is -2.34. The second-order valence-electron chi connectivity index (χ2n) is 6.11. The zero-order chi connectivity index (χ0) is 17.6. The summed E-state index contributed by atoms with van der Waals surface area (Å²) in [6, 6.07) is 11.9. The van der Waals surface area contributed by atoms with Crippen LogP contribution in [0, 0.1) is 11.3 Å². The van der Waals surface area contributed by atoms with Crippen LogP contribution in [0.15, 0.2) is 41.0 Å². The molecule has 0 aliphatic carbocycles. The topological polar surface area (TPSA) is 55.2 Å². The maximum atomic E-state index is 8.92. The first-order valence-corrected chi connectivity index (χ1v) is 9.34. The van der Waals surface area contributed by atoms with E-state index in [0.29, 0.717) is 12.1 Å². The summed E-state index contributed by atoms with van der Waals surface area (Å²) in [6.07, 6.45) is 1.94. The molecule has 0 unspecified atom stereocenters. The van der Waals surface area contributed by atoms with Gasteiger partial charge in [0.1, 0.15) is 5.82 Å². The molecule has 1 N–H and O–H groups in total. The minimum absolute atomic E-state index is 0.645. The van der Waals surface area contributed by atoms with Crippen molar-refractivity contribution >= 4 is 27.4 Å². The number of pyridine rings is 1. The zero-order valence-corrected chi connectivity index (χ0v) is 16.0. The Morgan fingerprint density at radius 2 is 2.00 bits per heavy atom. The molecule has 0 atom stereocenters. The van der Waals surface area contributed by atoms with E-state index in [1.54, 1.807) is 0 Å². The van der Waals surface area contributed by atoms with E-state index in [-0.39, 0.29) is 0 Å². The van der Waals surface area contributed by atoms with Crippen molar-refractivity contribution in [2.75, 3.05) is 42.9 Å². The first kappa shape index (κ1) is 17.7. The standard InChI is InChI=1S/C19H22BrN5/c1-2-24-7-9-25(10-8-24)19-6-4-16(14-23-19)13-22-18-5-3-15(12-21)11-17(18)20/h3-6,11,14,22H,2,7-10,13H2,1H3. The van der Waals surface area contributed by atoms with Gasteiger partial charge in [0.05, 0.1) is 11.6 Å². The van der Waals surface area contributed by atoms with Crippen LogP contribution in [-0.2, 0) is 6.54 Å². The first-order valence-electron chi connectivity index (χ1n) is 8.55. The number of benzene rings is 1. The van der Waals surface area contributed by atoms with Crippen molar-refractivity contribution in [1.29, 1.82) is 5.26 Å². The number of nitriles is 1. The van der Waals surface area contributed by atoms with Gasteiger partial charge < -0.3 is 15.1 Å². The highest BCUT2D eigenvalue weighted by atomic mass is 79.9. The molecule has 1 aliphatic heterocycles. The number of likely N-dealkylation sites (N-methyl/N-ethyl adjacent to an activating group) is 1. The van der Waals surface area contributed by atoms with Gasteiger partial charge in [0, 0.05) is 49.1 Å². The summed E-state index contributed by atoms with van der Waals surface area (Å²) in [5, 5.41) is 12.3. The molecule has 0 spiro atoms. The summed E-state index contributed by atoms with van der Waals surface area (Å²) in [5.74, 6) is 1.05. The van der Waals surface area contributed by atoms with Gasteiger partial charge in [-0.3, -0.25) is 0 Å². The fourth-order valence-corrected chi connectivity index (χ4v) is 3.45. The Hall–Kier alpha value is -2.10. The van der Waals surface area contributed by atoms with Gasteiger partial charge in [-0.25, -0.2) is 4.98 Å². The smallest absolute Gasteiger partial charge is 0.128 e. The minimum Gasteiger partial charge on any atom is -0.380 e. The van der Waals surface area contributed by atoms with Gasteiger partial charge in [0.25, 0.3) is 0 Å². The maximum Gasteiger partial charge on any atom is 0.128 e. The van der Waals surface area contributed by atoms with Crippen molar-refractivity contribution < 1.29 is 0 Å². The fourth-order valence-electron chi connectivity index (χ4n) is 2.93. The third-order valence-corrected chi connectivity index (χ3v) is 5.19. The van der Waals surface area contributed by atoms with Crippen LogP contribution in [0.1, 0.15) is 18.1 Å². The van der Waals surface area contributed by atoms with E-state index < -0.39 is 0 Å². The molecule has 1 aliphatic rings. The molecule has 130 valence electrons. The number of nitrogens with one attached hydrogen (secondary N) is 1. The number of hydrogen-bond donors (Lipinski definition) is 1. The van der Waals surface area contributed by atoms with Crippen LogP contribution in [-0.4, -0.2) is 42.6 Å². The molecule has 2 heterocycles. The third-order valence-electron chi connectivity index (χ3n) is 4.53. The van der Waals surface area contributed by atoms with Gasteiger partial charge in [-0.2, -0.15) is 5.26 Å². The average molecular weight is 400 g/mol. The van der Waals surface area contributed by atoms with Crippen LogP contribution < -0.4 is 10.2 Å². The molecule has 1 fully saturated rings. The number of halogens is 1. The molecule has 0 amide bonds. The summed E-state index contributed by atoms with van der Waals surface area (Å²) in [4.78, 5) is 9.44. The van der Waals surface area contributed by atoms with E-state index in [4.69, 9.17) is 5.26 Å². The lowest BCUT2D eigenvalue weighted by molar-refractivity contribution is 0.270. The Morgan fingerprint density at radius 3 is 2.60 bits per heavy atom. The number of rotatable bonds is 5. The summed E-state index contributed by atoms with van der Waals surface area (Å²) < 4.78 is 0.893. The molecular weight excluding hydrogens is 378 g/mol. The highest BCUT2D eigenvalue weighted by Crippen LogP contribution is 2.24. The molecule has 1 aromatic heterocycles. The summed E-state index contributed by atoms with van der Waals surface area (Å²) in [5.41, 5.74) is 2.75. The average Bonchev–Trinajstić information content (AvgIpc) is 2.67. The van der Waals surface area contributed by atoms with Crippen molar-refractivity contribution in [3.8, 4) is 6.07 Å². The predicted octanol–water partition coefficient (Wildman–Crippen LogP) is 3.47. The number of anilines is 2. The lowest BCUT2D eigenvalue weighted by Crippen LogP contribution is -2.46. The molecule has 0 radical (unpaired) electrons. The van der Waals surface area contributed by atoms with Gasteiger partial charge in [-0.1, -0.05) is 13.0 Å². The monoisotopic (exact) mass is 399 g/mol. The lowest BCUT2D eigenvalue weighted by atomic mass is 10.2. The van der Waals surface area contributed by atoms with Crippen molar-refractivity contribution in [2.45, 2.75) is 13.5 Å². The highest BCUT2D eigenvalue weighted by molar-refractivity contribution is 9.10. The Labute approximate surface area is 157 Å². The molecule has 1 aromatic carbocycles. The Bertz CT molecular complexity index is 745. The normalized spacial score (nSPS) is 15.0. The van der Waals surface area contributed by atoms with Crippen molar-refractivity contribution in [3.63, 3.8) is 0 Å². The van der Waals surface area contributed by atoms with E-state index >= 15 is 0 Å². The molecule has 3 rings (SSSR count). The number of aromatic nitrogens is 1. The van der Waals surface area contributed by atoms with Crippen LogP contribution in [0.25, 0.3) is 0 Å². The van der Waals surface area contributed by atoms with Crippen molar-refractivity contribution in [1.82, 2.24) is 9.88 Å². The molecule has 2 aromatic rings. The van der Waals surface area contributed by atoms with Crippen LogP contribution >= 0.6 is 15.9 Å². The fraction of sp³-hybridized carbons (Fsp3) is 0.368. The van der Waals surface area contributed by atoms with E-state index in [1.807, 2.05) is 24.4 Å². The maximum absolute atomic E-state index is 8.92. The predicted molar refractivity (Wildman–Crippen MR) is 105 cm³/mol. The van der Waals surface area contributed by atoms with Crippen LogP contribution in [0.4, 0.5) is 11.5 Å². The Kier molecular flexibility index (Phi) is 5.90. The van der Waals surface area contributed by atoms with Gasteiger partial charge >= 0.3 is 0 Å². The second kappa shape index (κ2) is 8.32. The Balaban J connectivity index is 1.57. The van der Waals surface area contributed by atoms with Gasteiger partial charge in [-0.05, 0) is 52.3 Å². The first-order chi connectivity index (χ1) is 12.2. The van der Waals surface area contributed by atoms with E-state index in [2.05, 4.69) is 61.2 Å². The molecule has 25 heavy (non-hydrogen) atoms. The number of hydrogen-bond acceptors (Lipinski definition) is 5. The summed E-state index contributed by atoms with van der Waals surface area (Å²) in [6.45, 7) is 8.32.